The van der Waals surface area contributed by atoms with E-state index in [0.29, 0.717) is 0 Å². The number of anilines is 3. The number of benzene rings is 5. The molecule has 0 spiro atoms. The summed E-state index contributed by atoms with van der Waals surface area (Å²) in [5.41, 5.74) is 11.8. The zero-order valence-electron chi connectivity index (χ0n) is 15.4. The van der Waals surface area contributed by atoms with Crippen molar-refractivity contribution in [1.82, 2.24) is 0 Å². The van der Waals surface area contributed by atoms with E-state index in [1.54, 1.807) is 0 Å². The third-order valence-corrected chi connectivity index (χ3v) is 5.22. The van der Waals surface area contributed by atoms with Crippen LogP contribution < -0.4 is 11.1 Å². The zero-order chi connectivity index (χ0) is 18.9. The van der Waals surface area contributed by atoms with Crippen molar-refractivity contribution in [3.05, 3.63) is 103 Å². The minimum absolute atomic E-state index is 0.811. The van der Waals surface area contributed by atoms with Crippen molar-refractivity contribution in [2.24, 2.45) is 0 Å². The molecule has 0 bridgehead atoms. The second-order valence-electron chi connectivity index (χ2n) is 6.95. The number of fused-ring (bicyclic) bond motifs is 2. The first-order valence-electron chi connectivity index (χ1n) is 9.43. The van der Waals surface area contributed by atoms with Gasteiger partial charge in [-0.25, -0.2) is 0 Å². The Labute approximate surface area is 164 Å². The van der Waals surface area contributed by atoms with Crippen LogP contribution in [0, 0.1) is 0 Å². The summed E-state index contributed by atoms with van der Waals surface area (Å²) in [6.07, 6.45) is 0. The lowest BCUT2D eigenvalue weighted by Gasteiger charge is -2.18. The summed E-state index contributed by atoms with van der Waals surface area (Å²) in [7, 11) is 0. The van der Waals surface area contributed by atoms with Crippen LogP contribution in [-0.4, -0.2) is 0 Å². The molecule has 28 heavy (non-hydrogen) atoms. The molecule has 0 saturated carbocycles. The predicted molar refractivity (Wildman–Crippen MR) is 121 cm³/mol. The lowest BCUT2D eigenvalue weighted by molar-refractivity contribution is 1.56. The predicted octanol–water partition coefficient (Wildman–Crippen LogP) is 6.99. The number of nitrogens with two attached hydrogens (primary N) is 1. The minimum atomic E-state index is 0.811. The van der Waals surface area contributed by atoms with Crippen molar-refractivity contribution in [2.45, 2.75) is 0 Å². The SMILES string of the molecule is Nc1c(-c2c(Nc3ccccc3)ccc3ccccc23)ccc2ccccc12. The Kier molecular flexibility index (Phi) is 3.95. The van der Waals surface area contributed by atoms with Crippen molar-refractivity contribution >= 4 is 38.6 Å². The molecule has 0 aliphatic heterocycles. The Balaban J connectivity index is 1.80. The van der Waals surface area contributed by atoms with E-state index in [-0.39, 0.29) is 0 Å². The normalized spacial score (nSPS) is 11.0. The quantitative estimate of drug-likeness (QED) is 0.340. The largest absolute Gasteiger partial charge is 0.398 e. The first kappa shape index (κ1) is 16.4. The van der Waals surface area contributed by atoms with E-state index in [1.165, 1.54) is 10.8 Å². The highest BCUT2D eigenvalue weighted by atomic mass is 14.9. The van der Waals surface area contributed by atoms with Gasteiger partial charge in [0.25, 0.3) is 0 Å². The van der Waals surface area contributed by atoms with Gasteiger partial charge in [-0.05, 0) is 34.4 Å². The molecular weight excluding hydrogens is 340 g/mol. The molecule has 134 valence electrons. The molecule has 0 unspecified atom stereocenters. The molecule has 0 amide bonds. The molecule has 0 aromatic heterocycles. The molecular formula is C26H20N2. The number of hydrogen-bond donors (Lipinski definition) is 2. The molecule has 5 aromatic rings. The van der Waals surface area contributed by atoms with Gasteiger partial charge in [0.1, 0.15) is 0 Å². The number of nitrogen functional groups attached to an aromatic ring is 1. The van der Waals surface area contributed by atoms with E-state index in [4.69, 9.17) is 5.73 Å². The minimum Gasteiger partial charge on any atom is -0.398 e. The van der Waals surface area contributed by atoms with Gasteiger partial charge in [-0.15, -0.1) is 0 Å². The molecule has 0 radical (unpaired) electrons. The summed E-state index contributed by atoms with van der Waals surface area (Å²) in [4.78, 5) is 0. The first-order chi connectivity index (χ1) is 13.8. The smallest absolute Gasteiger partial charge is 0.0474 e. The Hall–Kier alpha value is -3.78. The van der Waals surface area contributed by atoms with Gasteiger partial charge in [0.2, 0.25) is 0 Å². The van der Waals surface area contributed by atoms with Gasteiger partial charge in [-0.1, -0.05) is 84.9 Å². The highest BCUT2D eigenvalue weighted by Gasteiger charge is 2.14. The monoisotopic (exact) mass is 360 g/mol. The maximum atomic E-state index is 6.68. The number of rotatable bonds is 3. The fraction of sp³-hybridized carbons (Fsp3) is 0. The fourth-order valence-corrected chi connectivity index (χ4v) is 3.86. The van der Waals surface area contributed by atoms with Crippen LogP contribution in [0.4, 0.5) is 17.1 Å². The van der Waals surface area contributed by atoms with E-state index >= 15 is 0 Å². The number of para-hydroxylation sites is 1. The molecule has 3 N–H and O–H groups in total. The topological polar surface area (TPSA) is 38.0 Å². The van der Waals surface area contributed by atoms with Crippen LogP contribution in [0.25, 0.3) is 32.7 Å². The lowest BCUT2D eigenvalue weighted by atomic mass is 9.93. The van der Waals surface area contributed by atoms with Crippen molar-refractivity contribution in [2.75, 3.05) is 11.1 Å². The average molecular weight is 360 g/mol. The molecule has 0 aliphatic carbocycles. The van der Waals surface area contributed by atoms with Crippen LogP contribution in [0.1, 0.15) is 0 Å². The lowest BCUT2D eigenvalue weighted by Crippen LogP contribution is -1.98. The summed E-state index contributed by atoms with van der Waals surface area (Å²) in [5, 5.41) is 8.20. The van der Waals surface area contributed by atoms with E-state index < -0.39 is 0 Å². The van der Waals surface area contributed by atoms with Crippen molar-refractivity contribution in [3.8, 4) is 11.1 Å². The summed E-state index contributed by atoms with van der Waals surface area (Å²) in [6.45, 7) is 0. The van der Waals surface area contributed by atoms with Crippen molar-refractivity contribution in [3.63, 3.8) is 0 Å². The molecule has 0 saturated heterocycles. The van der Waals surface area contributed by atoms with Crippen LogP contribution in [0.3, 0.4) is 0 Å². The van der Waals surface area contributed by atoms with E-state index in [9.17, 15) is 0 Å². The Bertz CT molecular complexity index is 1290. The van der Waals surface area contributed by atoms with Gasteiger partial charge in [0.15, 0.2) is 0 Å². The van der Waals surface area contributed by atoms with E-state index in [1.807, 2.05) is 30.3 Å². The molecule has 5 aromatic carbocycles. The van der Waals surface area contributed by atoms with Gasteiger partial charge < -0.3 is 11.1 Å². The standard InChI is InChI=1S/C26H20N2/c27-26-22-13-7-5-9-19(22)14-16-23(26)25-21-12-6-4-8-18(21)15-17-24(25)28-20-10-2-1-3-11-20/h1-17,28H,27H2. The molecule has 0 atom stereocenters. The van der Waals surface area contributed by atoms with Gasteiger partial charge >= 0.3 is 0 Å². The Morgan fingerprint density at radius 3 is 1.93 bits per heavy atom. The maximum Gasteiger partial charge on any atom is 0.0474 e. The zero-order valence-corrected chi connectivity index (χ0v) is 15.4. The van der Waals surface area contributed by atoms with Crippen molar-refractivity contribution in [1.29, 1.82) is 0 Å². The second-order valence-corrected chi connectivity index (χ2v) is 6.95. The Morgan fingerprint density at radius 1 is 0.536 bits per heavy atom. The molecule has 2 heteroatoms. The maximum absolute atomic E-state index is 6.68. The highest BCUT2D eigenvalue weighted by Crippen LogP contribution is 2.41. The molecule has 0 aliphatic rings. The van der Waals surface area contributed by atoms with Gasteiger partial charge in [-0.3, -0.25) is 0 Å². The summed E-state index contributed by atoms with van der Waals surface area (Å²) < 4.78 is 0. The Morgan fingerprint density at radius 2 is 1.14 bits per heavy atom. The van der Waals surface area contributed by atoms with Crippen LogP contribution in [0.2, 0.25) is 0 Å². The van der Waals surface area contributed by atoms with Crippen molar-refractivity contribution < 1.29 is 0 Å². The first-order valence-corrected chi connectivity index (χ1v) is 9.43. The molecule has 0 heterocycles. The molecule has 5 rings (SSSR count). The average Bonchev–Trinajstić information content (AvgIpc) is 2.75. The molecule has 2 nitrogen and oxygen atoms in total. The third kappa shape index (κ3) is 2.76. The van der Waals surface area contributed by atoms with Crippen LogP contribution in [0.5, 0.6) is 0 Å². The number of hydrogen-bond acceptors (Lipinski definition) is 2. The molecule has 0 fully saturated rings. The highest BCUT2D eigenvalue weighted by molar-refractivity contribution is 6.10. The summed E-state index contributed by atoms with van der Waals surface area (Å²) >= 11 is 0. The van der Waals surface area contributed by atoms with Crippen LogP contribution in [-0.2, 0) is 0 Å². The third-order valence-electron chi connectivity index (χ3n) is 5.22. The number of nitrogens with one attached hydrogen (secondary N) is 1. The fourth-order valence-electron chi connectivity index (χ4n) is 3.86. The van der Waals surface area contributed by atoms with Crippen LogP contribution >= 0.6 is 0 Å². The van der Waals surface area contributed by atoms with E-state index in [2.05, 4.69) is 78.1 Å². The summed E-state index contributed by atoms with van der Waals surface area (Å²) in [6, 6.07) is 35.5. The summed E-state index contributed by atoms with van der Waals surface area (Å²) in [5.74, 6) is 0. The second kappa shape index (κ2) is 6.75. The van der Waals surface area contributed by atoms with E-state index in [0.717, 1.165) is 39.0 Å². The van der Waals surface area contributed by atoms with Gasteiger partial charge in [-0.2, -0.15) is 0 Å². The van der Waals surface area contributed by atoms with Gasteiger partial charge in [0.05, 0.1) is 0 Å². The van der Waals surface area contributed by atoms with Gasteiger partial charge in [0, 0.05) is 33.6 Å². The van der Waals surface area contributed by atoms with Crippen LogP contribution in [0.15, 0.2) is 103 Å².